The van der Waals surface area contributed by atoms with Crippen molar-refractivity contribution in [2.24, 2.45) is 0 Å². The summed E-state index contributed by atoms with van der Waals surface area (Å²) in [7, 11) is 1.67. The van der Waals surface area contributed by atoms with Gasteiger partial charge in [-0.3, -0.25) is 0 Å². The molecule has 1 saturated heterocycles. The molecule has 4 heterocycles. The van der Waals surface area contributed by atoms with E-state index in [1.807, 2.05) is 18.2 Å². The van der Waals surface area contributed by atoms with Gasteiger partial charge in [0.05, 0.1) is 30.5 Å². The van der Waals surface area contributed by atoms with Crippen LogP contribution in [0.1, 0.15) is 0 Å². The van der Waals surface area contributed by atoms with Gasteiger partial charge in [-0.05, 0) is 48.0 Å². The number of fused-ring (bicyclic) bond motifs is 1. The molecule has 3 aromatic heterocycles. The van der Waals surface area contributed by atoms with Gasteiger partial charge >= 0.3 is 0 Å². The Kier molecular flexibility index (Phi) is 4.94. The minimum Gasteiger partial charge on any atom is -0.497 e. The molecule has 152 valence electrons. The minimum absolute atomic E-state index is 0.477. The largest absolute Gasteiger partial charge is 0.497 e. The van der Waals surface area contributed by atoms with Crippen molar-refractivity contribution in [3.8, 4) is 27.6 Å². The van der Waals surface area contributed by atoms with Crippen LogP contribution in [-0.4, -0.2) is 48.4 Å². The molecule has 1 fully saturated rings. The Labute approximate surface area is 178 Å². The van der Waals surface area contributed by atoms with Crippen LogP contribution in [0, 0.1) is 0 Å². The van der Waals surface area contributed by atoms with Crippen molar-refractivity contribution < 1.29 is 9.47 Å². The molecule has 0 unspecified atom stereocenters. The first-order valence-electron chi connectivity index (χ1n) is 9.72. The van der Waals surface area contributed by atoms with E-state index in [1.54, 1.807) is 30.7 Å². The van der Waals surface area contributed by atoms with Crippen molar-refractivity contribution in [1.29, 1.82) is 0 Å². The van der Waals surface area contributed by atoms with E-state index in [2.05, 4.69) is 28.1 Å². The van der Waals surface area contributed by atoms with E-state index in [0.717, 1.165) is 50.9 Å². The maximum atomic E-state index is 5.75. The fourth-order valence-corrected chi connectivity index (χ4v) is 4.59. The number of nitrogens with two attached hydrogens (primary N) is 1. The number of morpholine rings is 1. The molecule has 0 bridgehead atoms. The molecule has 0 spiro atoms. The lowest BCUT2D eigenvalue weighted by Crippen LogP contribution is -2.36. The van der Waals surface area contributed by atoms with Crippen LogP contribution in [0.25, 0.3) is 32.0 Å². The van der Waals surface area contributed by atoms with Gasteiger partial charge in [0.15, 0.2) is 11.6 Å². The van der Waals surface area contributed by atoms with Crippen LogP contribution in [0.2, 0.25) is 0 Å². The van der Waals surface area contributed by atoms with Crippen LogP contribution in [0.3, 0.4) is 0 Å². The van der Waals surface area contributed by atoms with Gasteiger partial charge in [-0.1, -0.05) is 0 Å². The molecule has 1 aromatic carbocycles. The summed E-state index contributed by atoms with van der Waals surface area (Å²) in [4.78, 5) is 17.4. The first-order chi connectivity index (χ1) is 14.7. The van der Waals surface area contributed by atoms with Crippen molar-refractivity contribution in [1.82, 2.24) is 15.0 Å². The maximum absolute atomic E-state index is 5.75. The Balaban J connectivity index is 1.64. The number of rotatable bonds is 4. The van der Waals surface area contributed by atoms with Crippen molar-refractivity contribution in [3.05, 3.63) is 48.7 Å². The van der Waals surface area contributed by atoms with Gasteiger partial charge in [0, 0.05) is 29.7 Å². The summed E-state index contributed by atoms with van der Waals surface area (Å²) in [5.74, 6) is 2.91. The summed E-state index contributed by atoms with van der Waals surface area (Å²) in [5.41, 5.74) is 8.65. The fraction of sp³-hybridized carbons (Fsp3) is 0.227. The number of hydrogen-bond donors (Lipinski definition) is 1. The van der Waals surface area contributed by atoms with Crippen LogP contribution in [-0.2, 0) is 4.74 Å². The molecule has 0 saturated carbocycles. The third-order valence-electron chi connectivity index (χ3n) is 5.08. The van der Waals surface area contributed by atoms with E-state index in [4.69, 9.17) is 25.2 Å². The zero-order valence-electron chi connectivity index (χ0n) is 16.5. The van der Waals surface area contributed by atoms with Gasteiger partial charge in [-0.2, -0.15) is 0 Å². The SMILES string of the molecule is COc1ccc(-c2cc3nc(-c4ccc(N)nc4)nc(N4CCOCC4)c3s2)cc1. The van der Waals surface area contributed by atoms with E-state index < -0.39 is 0 Å². The average Bonchev–Trinajstić information content (AvgIpc) is 3.24. The predicted molar refractivity (Wildman–Crippen MR) is 120 cm³/mol. The average molecular weight is 420 g/mol. The highest BCUT2D eigenvalue weighted by Crippen LogP contribution is 2.39. The zero-order chi connectivity index (χ0) is 20.5. The molecule has 7 nitrogen and oxygen atoms in total. The molecule has 1 aliphatic rings. The van der Waals surface area contributed by atoms with Crippen molar-refractivity contribution in [2.75, 3.05) is 44.0 Å². The second kappa shape index (κ2) is 7.89. The molecule has 30 heavy (non-hydrogen) atoms. The standard InChI is InChI=1S/C22H21N5O2S/c1-28-16-5-2-14(3-6-16)18-12-17-20(30-18)22(27-8-10-29-11-9-27)26-21(25-17)15-4-7-19(23)24-13-15/h2-7,12-13H,8-11H2,1H3,(H2,23,24). The third kappa shape index (κ3) is 3.55. The van der Waals surface area contributed by atoms with E-state index in [1.165, 1.54) is 0 Å². The lowest BCUT2D eigenvalue weighted by atomic mass is 10.2. The Morgan fingerprint density at radius 3 is 2.50 bits per heavy atom. The molecule has 0 aliphatic carbocycles. The van der Waals surface area contributed by atoms with Gasteiger partial charge in [-0.15, -0.1) is 11.3 Å². The Morgan fingerprint density at radius 1 is 1.03 bits per heavy atom. The number of methoxy groups -OCH3 is 1. The van der Waals surface area contributed by atoms with Gasteiger partial charge in [-0.25, -0.2) is 15.0 Å². The quantitative estimate of drug-likeness (QED) is 0.538. The number of pyridine rings is 1. The topological polar surface area (TPSA) is 86.4 Å². The van der Waals surface area contributed by atoms with Gasteiger partial charge < -0.3 is 20.1 Å². The van der Waals surface area contributed by atoms with E-state index in [0.29, 0.717) is 24.9 Å². The van der Waals surface area contributed by atoms with E-state index in [9.17, 15) is 0 Å². The summed E-state index contributed by atoms with van der Waals surface area (Å²) < 4.78 is 11.9. The number of anilines is 2. The highest BCUT2D eigenvalue weighted by molar-refractivity contribution is 7.22. The smallest absolute Gasteiger partial charge is 0.163 e. The summed E-state index contributed by atoms with van der Waals surface area (Å²) in [6.07, 6.45) is 1.72. The Morgan fingerprint density at radius 2 is 1.80 bits per heavy atom. The monoisotopic (exact) mass is 419 g/mol. The number of nitrogen functional groups attached to an aromatic ring is 1. The normalized spacial score (nSPS) is 14.2. The summed E-state index contributed by atoms with van der Waals surface area (Å²) in [6.45, 7) is 3.00. The van der Waals surface area contributed by atoms with Crippen LogP contribution in [0.15, 0.2) is 48.7 Å². The number of hydrogen-bond acceptors (Lipinski definition) is 8. The van der Waals surface area contributed by atoms with E-state index in [-0.39, 0.29) is 0 Å². The molecule has 5 rings (SSSR count). The van der Waals surface area contributed by atoms with Crippen LogP contribution in [0.5, 0.6) is 5.75 Å². The maximum Gasteiger partial charge on any atom is 0.163 e. The van der Waals surface area contributed by atoms with Gasteiger partial charge in [0.25, 0.3) is 0 Å². The number of ether oxygens (including phenoxy) is 2. The summed E-state index contributed by atoms with van der Waals surface area (Å²) in [5, 5.41) is 0. The number of nitrogens with zero attached hydrogens (tertiary/aromatic N) is 4. The van der Waals surface area contributed by atoms with Gasteiger partial charge in [0.1, 0.15) is 11.6 Å². The highest BCUT2D eigenvalue weighted by Gasteiger charge is 2.20. The number of aromatic nitrogens is 3. The molecular formula is C22H21N5O2S. The van der Waals surface area contributed by atoms with Crippen LogP contribution < -0.4 is 15.4 Å². The van der Waals surface area contributed by atoms with E-state index >= 15 is 0 Å². The number of thiophene rings is 1. The summed E-state index contributed by atoms with van der Waals surface area (Å²) in [6, 6.07) is 13.9. The second-order valence-electron chi connectivity index (χ2n) is 7.00. The third-order valence-corrected chi connectivity index (χ3v) is 6.25. The molecule has 1 aliphatic heterocycles. The van der Waals surface area contributed by atoms with Crippen molar-refractivity contribution in [3.63, 3.8) is 0 Å². The fourth-order valence-electron chi connectivity index (χ4n) is 3.47. The lowest BCUT2D eigenvalue weighted by molar-refractivity contribution is 0.122. The molecule has 2 N–H and O–H groups in total. The van der Waals surface area contributed by atoms with Crippen molar-refractivity contribution >= 4 is 33.2 Å². The first-order valence-corrected chi connectivity index (χ1v) is 10.5. The predicted octanol–water partition coefficient (Wildman–Crippen LogP) is 3.85. The molecule has 0 atom stereocenters. The summed E-state index contributed by atoms with van der Waals surface area (Å²) >= 11 is 1.71. The highest BCUT2D eigenvalue weighted by atomic mass is 32.1. The molecular weight excluding hydrogens is 398 g/mol. The van der Waals surface area contributed by atoms with Gasteiger partial charge in [0.2, 0.25) is 0 Å². The number of benzene rings is 1. The van der Waals surface area contributed by atoms with Crippen LogP contribution in [0.4, 0.5) is 11.6 Å². The first kappa shape index (κ1) is 18.8. The Hall–Kier alpha value is -3.23. The lowest BCUT2D eigenvalue weighted by Gasteiger charge is -2.28. The molecule has 4 aromatic rings. The molecule has 0 radical (unpaired) electrons. The van der Waals surface area contributed by atoms with Crippen molar-refractivity contribution in [2.45, 2.75) is 0 Å². The molecule has 8 heteroatoms. The zero-order valence-corrected chi connectivity index (χ0v) is 17.4. The minimum atomic E-state index is 0.477. The van der Waals surface area contributed by atoms with Crippen LogP contribution >= 0.6 is 11.3 Å². The second-order valence-corrected chi connectivity index (χ2v) is 8.05. The Bertz CT molecular complexity index is 1170. The molecule has 0 amide bonds.